The maximum absolute atomic E-state index is 12.1. The van der Waals surface area contributed by atoms with Crippen molar-refractivity contribution in [3.63, 3.8) is 0 Å². The minimum absolute atomic E-state index is 0.00481. The zero-order chi connectivity index (χ0) is 15.4. The first kappa shape index (κ1) is 14.9. The highest BCUT2D eigenvalue weighted by atomic mass is 35.5. The number of hydrogen-bond donors (Lipinski definition) is 2. The first-order valence-corrected chi connectivity index (χ1v) is 6.53. The van der Waals surface area contributed by atoms with Gasteiger partial charge in [-0.25, -0.2) is 9.78 Å². The molecule has 0 unspecified atom stereocenters. The molecular weight excluding hydrogens is 294 g/mol. The summed E-state index contributed by atoms with van der Waals surface area (Å²) in [5.41, 5.74) is 1.35. The molecule has 108 valence electrons. The Morgan fingerprint density at radius 1 is 1.24 bits per heavy atom. The lowest BCUT2D eigenvalue weighted by molar-refractivity contribution is 0.0696. The Morgan fingerprint density at radius 2 is 2.00 bits per heavy atom. The van der Waals surface area contributed by atoms with Gasteiger partial charge in [0.15, 0.2) is 0 Å². The van der Waals surface area contributed by atoms with E-state index in [0.29, 0.717) is 23.4 Å². The number of pyridine rings is 2. The van der Waals surface area contributed by atoms with Crippen LogP contribution in [0.15, 0.2) is 30.6 Å². The number of carbonyl (C=O) groups is 2. The van der Waals surface area contributed by atoms with Crippen LogP contribution in [0.1, 0.15) is 33.3 Å². The molecule has 0 saturated carbocycles. The summed E-state index contributed by atoms with van der Waals surface area (Å²) in [5.74, 6) is -1.52. The minimum Gasteiger partial charge on any atom is -0.478 e. The molecule has 0 aromatic carbocycles. The fourth-order valence-corrected chi connectivity index (χ4v) is 1.92. The molecule has 2 aromatic heterocycles. The Bertz CT molecular complexity index is 704. The summed E-state index contributed by atoms with van der Waals surface area (Å²) in [6.45, 7) is 1.90. The normalized spacial score (nSPS) is 10.2. The van der Waals surface area contributed by atoms with E-state index in [-0.39, 0.29) is 10.7 Å². The van der Waals surface area contributed by atoms with Crippen molar-refractivity contribution in [3.8, 4) is 0 Å². The number of aromatic carboxylic acids is 1. The van der Waals surface area contributed by atoms with E-state index in [1.807, 2.05) is 6.92 Å². The number of anilines is 1. The number of amides is 1. The number of carboxylic acid groups (broad SMARTS) is 1. The van der Waals surface area contributed by atoms with Gasteiger partial charge < -0.3 is 10.4 Å². The van der Waals surface area contributed by atoms with Gasteiger partial charge in [0, 0.05) is 17.5 Å². The van der Waals surface area contributed by atoms with Gasteiger partial charge in [0.05, 0.1) is 17.4 Å². The molecule has 0 aliphatic heterocycles. The van der Waals surface area contributed by atoms with Gasteiger partial charge >= 0.3 is 5.97 Å². The van der Waals surface area contributed by atoms with Crippen molar-refractivity contribution >= 4 is 29.2 Å². The van der Waals surface area contributed by atoms with Crippen LogP contribution in [0.25, 0.3) is 0 Å². The number of rotatable bonds is 4. The lowest BCUT2D eigenvalue weighted by Gasteiger charge is -2.07. The Balaban J connectivity index is 2.23. The fraction of sp³-hybridized carbons (Fsp3) is 0.143. The first-order valence-electron chi connectivity index (χ1n) is 6.15. The Labute approximate surface area is 125 Å². The lowest BCUT2D eigenvalue weighted by Crippen LogP contribution is -2.13. The average Bonchev–Trinajstić information content (AvgIpc) is 2.46. The highest BCUT2D eigenvalue weighted by Crippen LogP contribution is 2.14. The van der Waals surface area contributed by atoms with E-state index in [2.05, 4.69) is 15.3 Å². The third-order valence-electron chi connectivity index (χ3n) is 2.71. The van der Waals surface area contributed by atoms with Crippen LogP contribution in [0.4, 0.5) is 5.69 Å². The van der Waals surface area contributed by atoms with Crippen molar-refractivity contribution in [1.82, 2.24) is 9.97 Å². The van der Waals surface area contributed by atoms with E-state index >= 15 is 0 Å². The largest absolute Gasteiger partial charge is 0.478 e. The van der Waals surface area contributed by atoms with Crippen LogP contribution in [0.5, 0.6) is 0 Å². The molecule has 2 N–H and O–H groups in total. The molecule has 0 atom stereocenters. The summed E-state index contributed by atoms with van der Waals surface area (Å²) in [6.07, 6.45) is 3.22. The minimum atomic E-state index is -1.11. The van der Waals surface area contributed by atoms with Crippen LogP contribution in [0.2, 0.25) is 5.15 Å². The van der Waals surface area contributed by atoms with Crippen molar-refractivity contribution in [2.45, 2.75) is 13.3 Å². The third kappa shape index (κ3) is 3.76. The van der Waals surface area contributed by atoms with Gasteiger partial charge in [0.1, 0.15) is 5.15 Å². The first-order chi connectivity index (χ1) is 9.99. The maximum Gasteiger partial charge on any atom is 0.337 e. The highest BCUT2D eigenvalue weighted by molar-refractivity contribution is 6.29. The second kappa shape index (κ2) is 6.32. The van der Waals surface area contributed by atoms with E-state index in [4.69, 9.17) is 16.7 Å². The maximum atomic E-state index is 12.1. The standard InChI is InChI=1S/C14H12ClN3O3/c1-2-10-3-8(5-12(15)17-10)13(19)18-11-4-9(14(20)21)6-16-7-11/h3-7H,2H2,1H3,(H,18,19)(H,20,21). The number of hydrogen-bond acceptors (Lipinski definition) is 4. The van der Waals surface area contributed by atoms with E-state index in [1.165, 1.54) is 24.5 Å². The van der Waals surface area contributed by atoms with Crippen LogP contribution in [0.3, 0.4) is 0 Å². The third-order valence-corrected chi connectivity index (χ3v) is 2.91. The Kier molecular flexibility index (Phi) is 4.49. The van der Waals surface area contributed by atoms with Crippen molar-refractivity contribution in [2.24, 2.45) is 0 Å². The van der Waals surface area contributed by atoms with Crippen LogP contribution in [-0.2, 0) is 6.42 Å². The number of halogens is 1. The average molecular weight is 306 g/mol. The lowest BCUT2D eigenvalue weighted by atomic mass is 10.2. The SMILES string of the molecule is CCc1cc(C(=O)Nc2cncc(C(=O)O)c2)cc(Cl)n1. The van der Waals surface area contributed by atoms with Gasteiger partial charge in [-0.1, -0.05) is 18.5 Å². The van der Waals surface area contributed by atoms with Crippen molar-refractivity contribution in [2.75, 3.05) is 5.32 Å². The van der Waals surface area contributed by atoms with Crippen LogP contribution < -0.4 is 5.32 Å². The molecule has 0 bridgehead atoms. The molecule has 0 spiro atoms. The summed E-state index contributed by atoms with van der Waals surface area (Å²) in [4.78, 5) is 30.8. The van der Waals surface area contributed by atoms with Crippen molar-refractivity contribution in [1.29, 1.82) is 0 Å². The van der Waals surface area contributed by atoms with E-state index in [1.54, 1.807) is 6.07 Å². The monoisotopic (exact) mass is 305 g/mol. The molecule has 2 heterocycles. The summed E-state index contributed by atoms with van der Waals surface area (Å²) in [5, 5.41) is 11.7. The van der Waals surface area contributed by atoms with Gasteiger partial charge in [-0.2, -0.15) is 0 Å². The Morgan fingerprint density at radius 3 is 2.67 bits per heavy atom. The van der Waals surface area contributed by atoms with Gasteiger partial charge in [0.2, 0.25) is 0 Å². The fourth-order valence-electron chi connectivity index (χ4n) is 1.69. The predicted octanol–water partition coefficient (Wildman–Crippen LogP) is 2.64. The van der Waals surface area contributed by atoms with E-state index < -0.39 is 11.9 Å². The molecular formula is C14H12ClN3O3. The smallest absolute Gasteiger partial charge is 0.337 e. The van der Waals surface area contributed by atoms with Gasteiger partial charge in [-0.05, 0) is 24.6 Å². The van der Waals surface area contributed by atoms with E-state index in [0.717, 1.165) is 0 Å². The quantitative estimate of drug-likeness (QED) is 0.847. The molecule has 0 aliphatic rings. The summed E-state index contributed by atoms with van der Waals surface area (Å²) in [7, 11) is 0. The van der Waals surface area contributed by atoms with Crippen LogP contribution >= 0.6 is 11.6 Å². The molecule has 0 aliphatic carbocycles. The number of carbonyl (C=O) groups excluding carboxylic acids is 1. The molecule has 7 heteroatoms. The second-order valence-corrected chi connectivity index (χ2v) is 4.63. The molecule has 21 heavy (non-hydrogen) atoms. The zero-order valence-electron chi connectivity index (χ0n) is 11.1. The van der Waals surface area contributed by atoms with Crippen molar-refractivity contribution in [3.05, 3.63) is 52.6 Å². The molecule has 2 rings (SSSR count). The van der Waals surface area contributed by atoms with Crippen LogP contribution in [0, 0.1) is 0 Å². The number of nitrogens with zero attached hydrogens (tertiary/aromatic N) is 2. The molecule has 1 amide bonds. The predicted molar refractivity (Wildman–Crippen MR) is 77.8 cm³/mol. The molecule has 0 saturated heterocycles. The summed E-state index contributed by atoms with van der Waals surface area (Å²) >= 11 is 5.86. The summed E-state index contributed by atoms with van der Waals surface area (Å²) in [6, 6.07) is 4.41. The van der Waals surface area contributed by atoms with Crippen LogP contribution in [-0.4, -0.2) is 27.0 Å². The molecule has 6 nitrogen and oxygen atoms in total. The Hall–Kier alpha value is -2.47. The van der Waals surface area contributed by atoms with E-state index in [9.17, 15) is 9.59 Å². The zero-order valence-corrected chi connectivity index (χ0v) is 11.9. The molecule has 2 aromatic rings. The second-order valence-electron chi connectivity index (χ2n) is 4.25. The number of nitrogens with one attached hydrogen (secondary N) is 1. The number of aryl methyl sites for hydroxylation is 1. The molecule has 0 radical (unpaired) electrons. The van der Waals surface area contributed by atoms with Crippen molar-refractivity contribution < 1.29 is 14.7 Å². The topological polar surface area (TPSA) is 92.2 Å². The van der Waals surface area contributed by atoms with Gasteiger partial charge in [-0.15, -0.1) is 0 Å². The molecule has 0 fully saturated rings. The summed E-state index contributed by atoms with van der Waals surface area (Å²) < 4.78 is 0. The van der Waals surface area contributed by atoms with Gasteiger partial charge in [0.25, 0.3) is 5.91 Å². The van der Waals surface area contributed by atoms with Gasteiger partial charge in [-0.3, -0.25) is 9.78 Å². The highest BCUT2D eigenvalue weighted by Gasteiger charge is 2.11. The number of aromatic nitrogens is 2. The number of carboxylic acids is 1.